The summed E-state index contributed by atoms with van der Waals surface area (Å²) in [7, 11) is 0. The van der Waals surface area contributed by atoms with Crippen LogP contribution in [0.3, 0.4) is 0 Å². The molecule has 2 aromatic rings. The molecule has 0 aliphatic rings. The van der Waals surface area contributed by atoms with Gasteiger partial charge in [-0.25, -0.2) is 9.97 Å². The summed E-state index contributed by atoms with van der Waals surface area (Å²) in [5, 5.41) is 1.66. The summed E-state index contributed by atoms with van der Waals surface area (Å²) in [6.45, 7) is 0. The number of aromatic nitrogens is 3. The number of nitrogens with zero attached hydrogens (tertiary/aromatic N) is 2. The Hall–Kier alpha value is -1.49. The van der Waals surface area contributed by atoms with Gasteiger partial charge in [0.05, 0.1) is 0 Å². The van der Waals surface area contributed by atoms with E-state index in [9.17, 15) is 0 Å². The Kier molecular flexibility index (Phi) is 2.18. The zero-order valence-electron chi connectivity index (χ0n) is 6.77. The molecule has 0 atom stereocenters. The standard InChI is InChI=1S/C8H8N4S/c9-6-1-2-10-7(5-6)13-8-11-3-4-12-8/h1-5H,(H2,9,10)(H,11,12). The molecule has 0 aliphatic carbocycles. The fraction of sp³-hybridized carbons (Fsp3) is 0. The minimum Gasteiger partial charge on any atom is -0.399 e. The van der Waals surface area contributed by atoms with Crippen LogP contribution in [0.4, 0.5) is 5.69 Å². The molecule has 3 N–H and O–H groups in total. The summed E-state index contributed by atoms with van der Waals surface area (Å²) >= 11 is 1.45. The van der Waals surface area contributed by atoms with Crippen LogP contribution in [0, 0.1) is 0 Å². The van der Waals surface area contributed by atoms with Gasteiger partial charge in [0, 0.05) is 24.3 Å². The third kappa shape index (κ3) is 2.00. The Bertz CT molecular complexity index is 385. The zero-order chi connectivity index (χ0) is 9.10. The lowest BCUT2D eigenvalue weighted by atomic mass is 10.4. The van der Waals surface area contributed by atoms with Crippen LogP contribution in [0.5, 0.6) is 0 Å². The van der Waals surface area contributed by atoms with Gasteiger partial charge in [-0.15, -0.1) is 0 Å². The predicted molar refractivity (Wildman–Crippen MR) is 51.4 cm³/mol. The first-order valence-electron chi connectivity index (χ1n) is 3.73. The van der Waals surface area contributed by atoms with Crippen molar-refractivity contribution >= 4 is 17.4 Å². The minimum absolute atomic E-state index is 0.712. The second kappa shape index (κ2) is 3.49. The first kappa shape index (κ1) is 8.12. The Morgan fingerprint density at radius 1 is 1.31 bits per heavy atom. The molecule has 0 bridgehead atoms. The second-order valence-electron chi connectivity index (χ2n) is 2.42. The fourth-order valence-electron chi connectivity index (χ4n) is 0.886. The fourth-order valence-corrected chi connectivity index (χ4v) is 1.63. The molecular formula is C8H8N4S. The Morgan fingerprint density at radius 2 is 2.23 bits per heavy atom. The van der Waals surface area contributed by atoms with Gasteiger partial charge in [0.2, 0.25) is 0 Å². The average molecular weight is 192 g/mol. The maximum absolute atomic E-state index is 5.60. The van der Waals surface area contributed by atoms with Gasteiger partial charge in [-0.3, -0.25) is 0 Å². The summed E-state index contributed by atoms with van der Waals surface area (Å²) in [4.78, 5) is 11.2. The van der Waals surface area contributed by atoms with E-state index < -0.39 is 0 Å². The lowest BCUT2D eigenvalue weighted by Gasteiger charge is -1.97. The molecule has 0 fully saturated rings. The maximum Gasteiger partial charge on any atom is 0.171 e. The van der Waals surface area contributed by atoms with Crippen molar-refractivity contribution in [2.24, 2.45) is 0 Å². The van der Waals surface area contributed by atoms with Crippen molar-refractivity contribution in [1.29, 1.82) is 0 Å². The van der Waals surface area contributed by atoms with Crippen LogP contribution >= 0.6 is 11.8 Å². The van der Waals surface area contributed by atoms with E-state index in [0.717, 1.165) is 10.2 Å². The number of nitrogens with one attached hydrogen (secondary N) is 1. The number of imidazole rings is 1. The molecule has 5 heteroatoms. The summed E-state index contributed by atoms with van der Waals surface area (Å²) < 4.78 is 0. The quantitative estimate of drug-likeness (QED) is 0.757. The molecule has 0 amide bonds. The predicted octanol–water partition coefficient (Wildman–Crippen LogP) is 1.54. The summed E-state index contributed by atoms with van der Waals surface area (Å²) in [5.74, 6) is 0. The molecule has 2 aromatic heterocycles. The molecule has 0 radical (unpaired) electrons. The van der Waals surface area contributed by atoms with Crippen molar-refractivity contribution in [3.63, 3.8) is 0 Å². The van der Waals surface area contributed by atoms with Crippen molar-refractivity contribution < 1.29 is 0 Å². The van der Waals surface area contributed by atoms with Gasteiger partial charge in [-0.05, 0) is 23.9 Å². The van der Waals surface area contributed by atoms with Gasteiger partial charge < -0.3 is 10.7 Å². The van der Waals surface area contributed by atoms with Gasteiger partial charge in [-0.2, -0.15) is 0 Å². The van der Waals surface area contributed by atoms with Gasteiger partial charge in [0.25, 0.3) is 0 Å². The Labute approximate surface area is 79.6 Å². The second-order valence-corrected chi connectivity index (χ2v) is 3.43. The Balaban J connectivity index is 2.19. The highest BCUT2D eigenvalue weighted by Gasteiger charge is 1.99. The number of hydrogen-bond acceptors (Lipinski definition) is 4. The van der Waals surface area contributed by atoms with Crippen LogP contribution in [-0.4, -0.2) is 15.0 Å². The van der Waals surface area contributed by atoms with Crippen LogP contribution < -0.4 is 5.73 Å². The summed E-state index contributed by atoms with van der Waals surface area (Å²) in [5.41, 5.74) is 6.32. The maximum atomic E-state index is 5.60. The van der Waals surface area contributed by atoms with Crippen molar-refractivity contribution in [2.45, 2.75) is 10.2 Å². The molecule has 0 aliphatic heterocycles. The topological polar surface area (TPSA) is 67.6 Å². The molecular weight excluding hydrogens is 184 g/mol. The highest BCUT2D eigenvalue weighted by molar-refractivity contribution is 7.99. The first-order valence-corrected chi connectivity index (χ1v) is 4.55. The number of nitrogen functional groups attached to an aromatic ring is 1. The number of rotatable bonds is 2. The van der Waals surface area contributed by atoms with Gasteiger partial charge in [-0.1, -0.05) is 0 Å². The van der Waals surface area contributed by atoms with Crippen LogP contribution in [0.1, 0.15) is 0 Å². The summed E-state index contributed by atoms with van der Waals surface area (Å²) in [6, 6.07) is 3.57. The summed E-state index contributed by atoms with van der Waals surface area (Å²) in [6.07, 6.45) is 5.16. The van der Waals surface area contributed by atoms with E-state index >= 15 is 0 Å². The number of pyridine rings is 1. The van der Waals surface area contributed by atoms with Crippen molar-refractivity contribution in [2.75, 3.05) is 5.73 Å². The molecule has 66 valence electrons. The minimum atomic E-state index is 0.712. The van der Waals surface area contributed by atoms with E-state index in [1.54, 1.807) is 24.7 Å². The van der Waals surface area contributed by atoms with Crippen LogP contribution in [0.2, 0.25) is 0 Å². The number of nitrogens with two attached hydrogens (primary N) is 1. The highest BCUT2D eigenvalue weighted by atomic mass is 32.2. The lowest BCUT2D eigenvalue weighted by Crippen LogP contribution is -1.86. The SMILES string of the molecule is Nc1ccnc(Sc2ncc[nH]2)c1. The molecule has 0 saturated heterocycles. The van der Waals surface area contributed by atoms with Crippen molar-refractivity contribution in [3.05, 3.63) is 30.7 Å². The third-order valence-corrected chi connectivity index (χ3v) is 2.28. The first-order chi connectivity index (χ1) is 6.34. The Morgan fingerprint density at radius 3 is 2.92 bits per heavy atom. The molecule has 13 heavy (non-hydrogen) atoms. The smallest absolute Gasteiger partial charge is 0.171 e. The number of aromatic amines is 1. The van der Waals surface area contributed by atoms with E-state index in [4.69, 9.17) is 5.73 Å². The van der Waals surface area contributed by atoms with E-state index in [-0.39, 0.29) is 0 Å². The molecule has 2 heterocycles. The van der Waals surface area contributed by atoms with Crippen molar-refractivity contribution in [1.82, 2.24) is 15.0 Å². The van der Waals surface area contributed by atoms with Crippen LogP contribution in [0.25, 0.3) is 0 Å². The highest BCUT2D eigenvalue weighted by Crippen LogP contribution is 2.22. The largest absolute Gasteiger partial charge is 0.399 e. The van der Waals surface area contributed by atoms with Crippen LogP contribution in [-0.2, 0) is 0 Å². The molecule has 0 spiro atoms. The van der Waals surface area contributed by atoms with Crippen LogP contribution in [0.15, 0.2) is 40.9 Å². The normalized spacial score (nSPS) is 10.2. The molecule has 0 aromatic carbocycles. The molecule has 0 saturated carbocycles. The monoisotopic (exact) mass is 192 g/mol. The zero-order valence-corrected chi connectivity index (χ0v) is 7.58. The van der Waals surface area contributed by atoms with E-state index in [1.165, 1.54) is 11.8 Å². The molecule has 0 unspecified atom stereocenters. The van der Waals surface area contributed by atoms with Gasteiger partial charge >= 0.3 is 0 Å². The number of H-pyrrole nitrogens is 1. The lowest BCUT2D eigenvalue weighted by molar-refractivity contribution is 1.04. The third-order valence-electron chi connectivity index (χ3n) is 1.43. The van der Waals surface area contributed by atoms with Gasteiger partial charge in [0.1, 0.15) is 5.03 Å². The number of anilines is 1. The van der Waals surface area contributed by atoms with E-state index in [0.29, 0.717) is 5.69 Å². The van der Waals surface area contributed by atoms with Gasteiger partial charge in [0.15, 0.2) is 5.16 Å². The van der Waals surface area contributed by atoms with E-state index in [2.05, 4.69) is 15.0 Å². The van der Waals surface area contributed by atoms with E-state index in [1.807, 2.05) is 6.07 Å². The number of hydrogen-bond donors (Lipinski definition) is 2. The molecule has 2 rings (SSSR count). The van der Waals surface area contributed by atoms with Crippen molar-refractivity contribution in [3.8, 4) is 0 Å². The molecule has 4 nitrogen and oxygen atoms in total. The average Bonchev–Trinajstić information content (AvgIpc) is 2.57.